The number of carbonyl (C=O) groups is 2. The van der Waals surface area contributed by atoms with Crippen LogP contribution in [0.1, 0.15) is 55.8 Å². The maximum Gasteiger partial charge on any atom is 0.198 e. The van der Waals surface area contributed by atoms with Gasteiger partial charge < -0.3 is 4.74 Å². The Morgan fingerprint density at radius 2 is 1.59 bits per heavy atom. The van der Waals surface area contributed by atoms with Crippen molar-refractivity contribution in [3.05, 3.63) is 63.7 Å². The molecule has 0 fully saturated rings. The molecule has 0 heterocycles. The first-order chi connectivity index (χ1) is 10.7. The molecule has 0 saturated heterocycles. The van der Waals surface area contributed by atoms with E-state index in [1.54, 1.807) is 18.2 Å². The lowest BCUT2D eigenvalue weighted by Crippen LogP contribution is -2.25. The quantitative estimate of drug-likeness (QED) is 0.691. The number of rotatable bonds is 1. The van der Waals surface area contributed by atoms with Gasteiger partial charge in [0.1, 0.15) is 5.75 Å². The van der Waals surface area contributed by atoms with Gasteiger partial charge in [-0.15, -0.1) is 0 Å². The molecule has 2 aromatic rings. The van der Waals surface area contributed by atoms with Crippen molar-refractivity contribution >= 4 is 11.6 Å². The lowest BCUT2D eigenvalue weighted by atomic mass is 9.77. The van der Waals surface area contributed by atoms with Gasteiger partial charge in [-0.1, -0.05) is 18.2 Å². The fourth-order valence-electron chi connectivity index (χ4n) is 3.67. The normalized spacial score (nSPS) is 15.9. The van der Waals surface area contributed by atoms with E-state index >= 15 is 0 Å². The van der Waals surface area contributed by atoms with Crippen molar-refractivity contribution in [1.29, 1.82) is 0 Å². The highest BCUT2D eigenvalue weighted by Crippen LogP contribution is 2.37. The largest absolute Gasteiger partial charge is 0.496 e. The van der Waals surface area contributed by atoms with Crippen LogP contribution in [0.3, 0.4) is 0 Å². The first-order valence-corrected chi connectivity index (χ1v) is 7.63. The predicted molar refractivity (Wildman–Crippen MR) is 82.9 cm³/mol. The van der Waals surface area contributed by atoms with Crippen LogP contribution in [0.5, 0.6) is 5.75 Å². The molecule has 0 unspecified atom stereocenters. The highest BCUT2D eigenvalue weighted by molar-refractivity contribution is 6.29. The molecule has 0 spiro atoms. The molecule has 0 bridgehead atoms. The Labute approximate surface area is 128 Å². The number of aryl methyl sites for hydroxylation is 1. The summed E-state index contributed by atoms with van der Waals surface area (Å²) >= 11 is 0. The van der Waals surface area contributed by atoms with E-state index in [1.807, 2.05) is 12.1 Å². The van der Waals surface area contributed by atoms with E-state index in [0.29, 0.717) is 28.0 Å². The van der Waals surface area contributed by atoms with Gasteiger partial charge in [-0.25, -0.2) is 0 Å². The van der Waals surface area contributed by atoms with Gasteiger partial charge in [-0.2, -0.15) is 0 Å². The minimum absolute atomic E-state index is 0.0396. The monoisotopic (exact) mass is 292 g/mol. The zero-order valence-electron chi connectivity index (χ0n) is 12.4. The molecule has 2 aliphatic rings. The summed E-state index contributed by atoms with van der Waals surface area (Å²) in [6.45, 7) is 0. The summed E-state index contributed by atoms with van der Waals surface area (Å²) in [5, 5.41) is 0. The molecule has 0 amide bonds. The zero-order chi connectivity index (χ0) is 15.3. The molecule has 3 nitrogen and oxygen atoms in total. The number of hydrogen-bond acceptors (Lipinski definition) is 3. The molecule has 2 aromatic carbocycles. The zero-order valence-corrected chi connectivity index (χ0v) is 12.4. The van der Waals surface area contributed by atoms with E-state index in [0.717, 1.165) is 31.2 Å². The van der Waals surface area contributed by atoms with Gasteiger partial charge in [-0.3, -0.25) is 9.59 Å². The average Bonchev–Trinajstić information content (AvgIpc) is 2.58. The van der Waals surface area contributed by atoms with E-state index < -0.39 is 0 Å². The molecule has 0 aromatic heterocycles. The van der Waals surface area contributed by atoms with Crippen LogP contribution < -0.4 is 4.74 Å². The summed E-state index contributed by atoms with van der Waals surface area (Å²) in [6, 6.07) is 9.05. The van der Waals surface area contributed by atoms with Crippen molar-refractivity contribution < 1.29 is 14.3 Å². The van der Waals surface area contributed by atoms with Gasteiger partial charge in [0, 0.05) is 16.7 Å². The first-order valence-electron chi connectivity index (χ1n) is 7.63. The van der Waals surface area contributed by atoms with Gasteiger partial charge in [0.25, 0.3) is 0 Å². The van der Waals surface area contributed by atoms with Crippen molar-refractivity contribution in [1.82, 2.24) is 0 Å². The minimum Gasteiger partial charge on any atom is -0.496 e. The Morgan fingerprint density at radius 3 is 2.41 bits per heavy atom. The van der Waals surface area contributed by atoms with E-state index in [9.17, 15) is 9.59 Å². The first kappa shape index (κ1) is 13.3. The summed E-state index contributed by atoms with van der Waals surface area (Å²) in [6.07, 6.45) is 4.11. The minimum atomic E-state index is -0.101. The second kappa shape index (κ2) is 4.80. The van der Waals surface area contributed by atoms with Gasteiger partial charge in [-0.05, 0) is 48.9 Å². The number of ketones is 2. The summed E-state index contributed by atoms with van der Waals surface area (Å²) in [5.41, 5.74) is 4.33. The van der Waals surface area contributed by atoms with Crippen LogP contribution in [0.15, 0.2) is 30.3 Å². The second-order valence-corrected chi connectivity index (χ2v) is 5.87. The SMILES string of the molecule is COc1cccc2c1C(=O)c1ccc3c(c1C2=O)CCCC3. The standard InChI is InChI=1S/C19H16O3/c1-22-15-8-4-7-13-17(15)19(21)14-10-9-11-5-2-3-6-12(11)16(14)18(13)20/h4,7-10H,2-3,5-6H2,1H3. The molecule has 3 heteroatoms. The molecule has 0 saturated carbocycles. The number of fused-ring (bicyclic) bond motifs is 4. The number of ether oxygens (including phenoxy) is 1. The Hall–Kier alpha value is -2.42. The number of hydrogen-bond donors (Lipinski definition) is 0. The van der Waals surface area contributed by atoms with E-state index in [1.165, 1.54) is 12.7 Å². The van der Waals surface area contributed by atoms with Crippen LogP contribution in [0.25, 0.3) is 0 Å². The average molecular weight is 292 g/mol. The highest BCUT2D eigenvalue weighted by Gasteiger charge is 2.34. The summed E-state index contributed by atoms with van der Waals surface area (Å²) < 4.78 is 5.29. The summed E-state index contributed by atoms with van der Waals surface area (Å²) in [5.74, 6) is 0.330. The van der Waals surface area contributed by atoms with Crippen molar-refractivity contribution in [3.8, 4) is 5.75 Å². The second-order valence-electron chi connectivity index (χ2n) is 5.87. The highest BCUT2D eigenvalue weighted by atomic mass is 16.5. The lowest BCUT2D eigenvalue weighted by Gasteiger charge is -2.25. The van der Waals surface area contributed by atoms with Crippen molar-refractivity contribution in [2.75, 3.05) is 7.11 Å². The summed E-state index contributed by atoms with van der Waals surface area (Å²) in [4.78, 5) is 25.9. The third kappa shape index (κ3) is 1.68. The maximum atomic E-state index is 13.0. The van der Waals surface area contributed by atoms with Crippen LogP contribution in [0.4, 0.5) is 0 Å². The molecule has 0 N–H and O–H groups in total. The topological polar surface area (TPSA) is 43.4 Å². The number of methoxy groups -OCH3 is 1. The molecule has 22 heavy (non-hydrogen) atoms. The third-order valence-electron chi connectivity index (χ3n) is 4.72. The number of carbonyl (C=O) groups excluding carboxylic acids is 2. The number of benzene rings is 2. The summed E-state index contributed by atoms with van der Waals surface area (Å²) in [7, 11) is 1.52. The van der Waals surface area contributed by atoms with Gasteiger partial charge in [0.15, 0.2) is 11.6 Å². The van der Waals surface area contributed by atoms with Crippen LogP contribution in [0, 0.1) is 0 Å². The van der Waals surface area contributed by atoms with E-state index in [4.69, 9.17) is 4.74 Å². The van der Waals surface area contributed by atoms with Gasteiger partial charge in [0.05, 0.1) is 12.7 Å². The fraction of sp³-hybridized carbons (Fsp3) is 0.263. The Bertz CT molecular complexity index is 818. The van der Waals surface area contributed by atoms with Crippen molar-refractivity contribution in [2.24, 2.45) is 0 Å². The molecular weight excluding hydrogens is 276 g/mol. The molecule has 2 aliphatic carbocycles. The van der Waals surface area contributed by atoms with Crippen LogP contribution >= 0.6 is 0 Å². The lowest BCUT2D eigenvalue weighted by molar-refractivity contribution is 0.0975. The van der Waals surface area contributed by atoms with Crippen LogP contribution in [0.2, 0.25) is 0 Å². The molecule has 0 aliphatic heterocycles. The van der Waals surface area contributed by atoms with E-state index in [2.05, 4.69) is 0 Å². The van der Waals surface area contributed by atoms with Crippen molar-refractivity contribution in [3.63, 3.8) is 0 Å². The molecule has 110 valence electrons. The predicted octanol–water partition coefficient (Wildman–Crippen LogP) is 3.35. The van der Waals surface area contributed by atoms with Crippen LogP contribution in [-0.4, -0.2) is 18.7 Å². The fourth-order valence-corrected chi connectivity index (χ4v) is 3.67. The van der Waals surface area contributed by atoms with E-state index in [-0.39, 0.29) is 11.6 Å². The molecule has 0 radical (unpaired) electrons. The Balaban J connectivity index is 2.01. The Morgan fingerprint density at radius 1 is 0.864 bits per heavy atom. The smallest absolute Gasteiger partial charge is 0.198 e. The molecule has 0 atom stereocenters. The Kier molecular flexibility index (Phi) is 2.89. The molecular formula is C19H16O3. The molecule has 4 rings (SSSR count). The maximum absolute atomic E-state index is 13.0. The van der Waals surface area contributed by atoms with Gasteiger partial charge >= 0.3 is 0 Å². The van der Waals surface area contributed by atoms with Crippen molar-refractivity contribution in [2.45, 2.75) is 25.7 Å². The van der Waals surface area contributed by atoms with Gasteiger partial charge in [0.2, 0.25) is 0 Å². The third-order valence-corrected chi connectivity index (χ3v) is 4.72. The van der Waals surface area contributed by atoms with Crippen LogP contribution in [-0.2, 0) is 12.8 Å².